The van der Waals surface area contributed by atoms with E-state index in [0.29, 0.717) is 18.0 Å². The van der Waals surface area contributed by atoms with Crippen LogP contribution in [0.1, 0.15) is 29.6 Å². The van der Waals surface area contributed by atoms with Crippen LogP contribution in [0.4, 0.5) is 0 Å². The number of aromatic nitrogens is 1. The number of fused-ring (bicyclic) bond motifs is 1. The van der Waals surface area contributed by atoms with Gasteiger partial charge in [0, 0.05) is 62.3 Å². The molecule has 1 aromatic heterocycles. The molecule has 1 saturated heterocycles. The fourth-order valence-corrected chi connectivity index (χ4v) is 4.51. The van der Waals surface area contributed by atoms with E-state index >= 15 is 0 Å². The van der Waals surface area contributed by atoms with E-state index in [0.717, 1.165) is 43.6 Å². The summed E-state index contributed by atoms with van der Waals surface area (Å²) in [6, 6.07) is 16.8. The van der Waals surface area contributed by atoms with E-state index in [4.69, 9.17) is 5.73 Å². The van der Waals surface area contributed by atoms with Crippen LogP contribution >= 0.6 is 0 Å². The number of hydrogen-bond acceptors (Lipinski definition) is 3. The third-order valence-electron chi connectivity index (χ3n) is 6.17. The second-order valence-electron chi connectivity index (χ2n) is 8.57. The van der Waals surface area contributed by atoms with Crippen molar-refractivity contribution in [2.24, 2.45) is 5.73 Å². The maximum absolute atomic E-state index is 12.3. The molecule has 2 amide bonds. The lowest BCUT2D eigenvalue weighted by Crippen LogP contribution is -2.35. The van der Waals surface area contributed by atoms with Crippen LogP contribution in [0.3, 0.4) is 0 Å². The van der Waals surface area contributed by atoms with Gasteiger partial charge in [0.05, 0.1) is 0 Å². The summed E-state index contributed by atoms with van der Waals surface area (Å²) in [5.41, 5.74) is 9.37. The lowest BCUT2D eigenvalue weighted by Gasteiger charge is -2.24. The van der Waals surface area contributed by atoms with Gasteiger partial charge in [-0.1, -0.05) is 18.2 Å². The molecule has 1 aliphatic heterocycles. The van der Waals surface area contributed by atoms with Gasteiger partial charge < -0.3 is 15.2 Å². The van der Waals surface area contributed by atoms with Crippen molar-refractivity contribution in [3.63, 3.8) is 0 Å². The Morgan fingerprint density at radius 2 is 1.90 bits per heavy atom. The summed E-state index contributed by atoms with van der Waals surface area (Å²) in [7, 11) is 3.53. The number of primary amides is 1. The molecule has 0 saturated carbocycles. The van der Waals surface area contributed by atoms with Gasteiger partial charge in [-0.25, -0.2) is 0 Å². The number of likely N-dealkylation sites (tertiary alicyclic amines) is 1. The molecule has 2 N–H and O–H groups in total. The van der Waals surface area contributed by atoms with Gasteiger partial charge in [-0.3, -0.25) is 14.5 Å². The van der Waals surface area contributed by atoms with Gasteiger partial charge in [0.25, 0.3) is 5.91 Å². The first kappa shape index (κ1) is 21.1. The van der Waals surface area contributed by atoms with E-state index in [1.807, 2.05) is 24.3 Å². The Bertz CT molecular complexity index is 1100. The molecule has 162 valence electrons. The average Bonchev–Trinajstić information content (AvgIpc) is 3.38. The molecule has 6 heteroatoms. The molecule has 6 nitrogen and oxygen atoms in total. The fraction of sp³-hybridized carbons (Fsp3) is 0.360. The largest absolute Gasteiger partial charge is 0.370 e. The van der Waals surface area contributed by atoms with E-state index in [-0.39, 0.29) is 11.8 Å². The Kier molecular flexibility index (Phi) is 6.09. The number of hydrogen-bond donors (Lipinski definition) is 1. The lowest BCUT2D eigenvalue weighted by atomic mass is 10.0. The van der Waals surface area contributed by atoms with Crippen LogP contribution in [-0.2, 0) is 11.3 Å². The van der Waals surface area contributed by atoms with Crippen molar-refractivity contribution in [3.05, 3.63) is 60.3 Å². The molecule has 4 rings (SSSR count). The highest BCUT2D eigenvalue weighted by atomic mass is 16.2. The van der Waals surface area contributed by atoms with Crippen molar-refractivity contribution in [3.8, 4) is 11.1 Å². The van der Waals surface area contributed by atoms with Gasteiger partial charge in [-0.2, -0.15) is 0 Å². The molecular formula is C25H30N4O2. The van der Waals surface area contributed by atoms with Crippen LogP contribution in [0.2, 0.25) is 0 Å². The minimum atomic E-state index is -0.235. The van der Waals surface area contributed by atoms with Crippen molar-refractivity contribution < 1.29 is 9.59 Å². The molecule has 0 spiro atoms. The van der Waals surface area contributed by atoms with Crippen LogP contribution in [0.25, 0.3) is 22.0 Å². The molecular weight excluding hydrogens is 388 g/mol. The first-order chi connectivity index (χ1) is 14.9. The van der Waals surface area contributed by atoms with Crippen LogP contribution < -0.4 is 5.73 Å². The molecule has 1 fully saturated rings. The highest BCUT2D eigenvalue weighted by Gasteiger charge is 2.25. The summed E-state index contributed by atoms with van der Waals surface area (Å²) in [6.07, 6.45) is 4.87. The van der Waals surface area contributed by atoms with E-state index < -0.39 is 0 Å². The maximum Gasteiger partial charge on any atom is 0.253 e. The Balaban J connectivity index is 1.54. The summed E-state index contributed by atoms with van der Waals surface area (Å²) >= 11 is 0. The zero-order valence-corrected chi connectivity index (χ0v) is 18.3. The second-order valence-corrected chi connectivity index (χ2v) is 8.57. The first-order valence-corrected chi connectivity index (χ1v) is 10.9. The summed E-state index contributed by atoms with van der Waals surface area (Å²) in [4.78, 5) is 27.5. The van der Waals surface area contributed by atoms with Gasteiger partial charge in [0.15, 0.2) is 0 Å². The summed E-state index contributed by atoms with van der Waals surface area (Å²) in [6.45, 7) is 2.68. The quantitative estimate of drug-likeness (QED) is 0.640. The van der Waals surface area contributed by atoms with E-state index in [9.17, 15) is 9.59 Å². The summed E-state index contributed by atoms with van der Waals surface area (Å²) < 4.78 is 2.30. The average molecular weight is 419 g/mol. The highest BCUT2D eigenvalue weighted by molar-refractivity contribution is 5.95. The van der Waals surface area contributed by atoms with E-state index in [2.05, 4.69) is 39.9 Å². The SMILES string of the molecule is CN(C)C(=O)c1cccc(-c2ccc3c(ccn3C[C@H]3CCCN3CCC(N)=O)c2)c1. The van der Waals surface area contributed by atoms with Crippen molar-refractivity contribution in [2.75, 3.05) is 27.2 Å². The van der Waals surface area contributed by atoms with Crippen LogP contribution in [-0.4, -0.2) is 59.4 Å². The number of nitrogens with zero attached hydrogens (tertiary/aromatic N) is 3. The smallest absolute Gasteiger partial charge is 0.253 e. The minimum absolute atomic E-state index is 0.00605. The van der Waals surface area contributed by atoms with Crippen molar-refractivity contribution in [1.82, 2.24) is 14.4 Å². The van der Waals surface area contributed by atoms with Gasteiger partial charge in [0.2, 0.25) is 5.91 Å². The van der Waals surface area contributed by atoms with Crippen molar-refractivity contribution in [2.45, 2.75) is 31.8 Å². The minimum Gasteiger partial charge on any atom is -0.370 e. The monoisotopic (exact) mass is 418 g/mol. The Labute approximate surface area is 183 Å². The molecule has 3 aromatic rings. The predicted octanol–water partition coefficient (Wildman–Crippen LogP) is 3.35. The van der Waals surface area contributed by atoms with Crippen molar-refractivity contribution in [1.29, 1.82) is 0 Å². The first-order valence-electron chi connectivity index (χ1n) is 10.9. The Morgan fingerprint density at radius 1 is 1.10 bits per heavy atom. The van der Waals surface area contributed by atoms with Crippen molar-refractivity contribution >= 4 is 22.7 Å². The highest BCUT2D eigenvalue weighted by Crippen LogP contribution is 2.28. The predicted molar refractivity (Wildman–Crippen MR) is 124 cm³/mol. The number of rotatable bonds is 7. The number of benzene rings is 2. The Morgan fingerprint density at radius 3 is 2.68 bits per heavy atom. The van der Waals surface area contributed by atoms with E-state index in [1.165, 1.54) is 10.9 Å². The molecule has 0 aliphatic carbocycles. The summed E-state index contributed by atoms with van der Waals surface area (Å²) in [5.74, 6) is -0.229. The zero-order valence-electron chi connectivity index (χ0n) is 18.3. The number of amides is 2. The lowest BCUT2D eigenvalue weighted by molar-refractivity contribution is -0.118. The number of carbonyl (C=O) groups excluding carboxylic acids is 2. The maximum atomic E-state index is 12.3. The summed E-state index contributed by atoms with van der Waals surface area (Å²) in [5, 5.41) is 1.18. The number of nitrogens with two attached hydrogens (primary N) is 1. The number of carbonyl (C=O) groups is 2. The standard InChI is InChI=1S/C25H30N4O2/c1-27(2)25(31)21-6-3-5-18(16-21)19-8-9-23-20(15-19)10-13-29(23)17-22-7-4-12-28(22)14-11-24(26)30/h3,5-6,8-10,13,15-16,22H,4,7,11-12,14,17H2,1-2H3,(H2,26,30)/t22-/m1/s1. The molecule has 2 aromatic carbocycles. The fourth-order valence-electron chi connectivity index (χ4n) is 4.51. The normalized spacial score (nSPS) is 16.6. The third kappa shape index (κ3) is 4.64. The van der Waals surface area contributed by atoms with Gasteiger partial charge in [-0.05, 0) is 60.8 Å². The third-order valence-corrected chi connectivity index (χ3v) is 6.17. The molecule has 1 aliphatic rings. The topological polar surface area (TPSA) is 71.6 Å². The molecule has 0 unspecified atom stereocenters. The zero-order chi connectivity index (χ0) is 22.0. The van der Waals surface area contributed by atoms with Crippen LogP contribution in [0.15, 0.2) is 54.7 Å². The van der Waals surface area contributed by atoms with Gasteiger partial charge >= 0.3 is 0 Å². The molecule has 0 radical (unpaired) electrons. The molecule has 1 atom stereocenters. The molecule has 31 heavy (non-hydrogen) atoms. The molecule has 2 heterocycles. The van der Waals surface area contributed by atoms with Crippen LogP contribution in [0, 0.1) is 0 Å². The van der Waals surface area contributed by atoms with Gasteiger partial charge in [-0.15, -0.1) is 0 Å². The molecule has 0 bridgehead atoms. The van der Waals surface area contributed by atoms with Gasteiger partial charge in [0.1, 0.15) is 0 Å². The Hall–Kier alpha value is -3.12. The van der Waals surface area contributed by atoms with E-state index in [1.54, 1.807) is 19.0 Å². The van der Waals surface area contributed by atoms with Crippen LogP contribution in [0.5, 0.6) is 0 Å². The second kappa shape index (κ2) is 8.94.